The number of carbonyl (C=O) groups is 1. The molecule has 0 aliphatic heterocycles. The molecular formula is C31H36F6N6O2. The number of hydrogen-bond donors (Lipinski definition) is 1. The Hall–Kier alpha value is -3.84. The summed E-state index contributed by atoms with van der Waals surface area (Å²) in [6.45, 7) is 3.20. The minimum atomic E-state index is -4.97. The summed E-state index contributed by atoms with van der Waals surface area (Å²) >= 11 is 0. The third kappa shape index (κ3) is 7.70. The Balaban J connectivity index is 1.50. The van der Waals surface area contributed by atoms with Crippen molar-refractivity contribution in [3.63, 3.8) is 0 Å². The molecule has 244 valence electrons. The summed E-state index contributed by atoms with van der Waals surface area (Å²) < 4.78 is 81.9. The van der Waals surface area contributed by atoms with E-state index < -0.39 is 29.4 Å². The van der Waals surface area contributed by atoms with Gasteiger partial charge in [0.2, 0.25) is 0 Å². The summed E-state index contributed by atoms with van der Waals surface area (Å²) in [6, 6.07) is 5.81. The van der Waals surface area contributed by atoms with Crippen LogP contribution in [-0.4, -0.2) is 44.4 Å². The third-order valence-corrected chi connectivity index (χ3v) is 8.85. The van der Waals surface area contributed by atoms with Crippen molar-refractivity contribution in [2.75, 3.05) is 22.9 Å². The summed E-state index contributed by atoms with van der Waals surface area (Å²) in [4.78, 5) is 16.4. The largest absolute Gasteiger partial charge is 0.481 e. The van der Waals surface area contributed by atoms with Crippen molar-refractivity contribution in [3.8, 4) is 0 Å². The number of aryl methyl sites for hydroxylation is 3. The van der Waals surface area contributed by atoms with Gasteiger partial charge in [-0.1, -0.05) is 11.2 Å². The van der Waals surface area contributed by atoms with Crippen LogP contribution in [0.25, 0.3) is 0 Å². The number of tetrazole rings is 1. The molecule has 2 aromatic carbocycles. The van der Waals surface area contributed by atoms with Gasteiger partial charge in [0, 0.05) is 31.9 Å². The van der Waals surface area contributed by atoms with Crippen LogP contribution in [0, 0.1) is 11.8 Å². The lowest BCUT2D eigenvalue weighted by Crippen LogP contribution is -2.34. The van der Waals surface area contributed by atoms with E-state index in [1.165, 1.54) is 17.4 Å². The third-order valence-electron chi connectivity index (χ3n) is 8.85. The highest BCUT2D eigenvalue weighted by atomic mass is 19.4. The topological polar surface area (TPSA) is 87.4 Å². The van der Waals surface area contributed by atoms with E-state index in [2.05, 4.69) is 32.4 Å². The van der Waals surface area contributed by atoms with E-state index in [1.807, 2.05) is 6.92 Å². The maximum atomic E-state index is 13.7. The monoisotopic (exact) mass is 638 g/mol. The molecule has 1 saturated carbocycles. The van der Waals surface area contributed by atoms with Gasteiger partial charge >= 0.3 is 18.3 Å². The smallest absolute Gasteiger partial charge is 0.416 e. The first-order valence-corrected chi connectivity index (χ1v) is 15.1. The van der Waals surface area contributed by atoms with Crippen LogP contribution in [0.1, 0.15) is 72.4 Å². The second-order valence-electron chi connectivity index (χ2n) is 12.0. The number of carboxylic acids is 1. The van der Waals surface area contributed by atoms with Crippen LogP contribution in [0.15, 0.2) is 30.3 Å². The van der Waals surface area contributed by atoms with Gasteiger partial charge in [0.1, 0.15) is 0 Å². The number of carboxylic acid groups (broad SMARTS) is 1. The van der Waals surface area contributed by atoms with Crippen LogP contribution in [0.5, 0.6) is 0 Å². The Labute approximate surface area is 257 Å². The highest BCUT2D eigenvalue weighted by molar-refractivity contribution is 5.70. The molecule has 1 heterocycles. The second kappa shape index (κ2) is 12.9. The fourth-order valence-electron chi connectivity index (χ4n) is 6.52. The summed E-state index contributed by atoms with van der Waals surface area (Å²) in [5.74, 6) is -0.716. The van der Waals surface area contributed by atoms with Crippen LogP contribution < -0.4 is 9.80 Å². The summed E-state index contributed by atoms with van der Waals surface area (Å²) in [7, 11) is 1.53. The number of aliphatic carboxylic acids is 1. The molecule has 45 heavy (non-hydrogen) atoms. The molecule has 8 nitrogen and oxygen atoms in total. The molecule has 1 aromatic heterocycles. The average Bonchev–Trinajstić information content (AvgIpc) is 3.63. The molecule has 0 saturated heterocycles. The van der Waals surface area contributed by atoms with Crippen LogP contribution in [0.2, 0.25) is 0 Å². The molecule has 2 aliphatic carbocycles. The fourth-order valence-corrected chi connectivity index (χ4v) is 6.52. The van der Waals surface area contributed by atoms with Crippen molar-refractivity contribution in [1.29, 1.82) is 0 Å². The van der Waals surface area contributed by atoms with E-state index in [4.69, 9.17) is 0 Å². The minimum absolute atomic E-state index is 0.0740. The number of aromatic nitrogens is 4. The van der Waals surface area contributed by atoms with Crippen molar-refractivity contribution in [3.05, 3.63) is 63.7 Å². The number of fused-ring (bicyclic) bond motifs is 1. The van der Waals surface area contributed by atoms with Gasteiger partial charge in [-0.3, -0.25) is 4.79 Å². The normalized spacial score (nSPS) is 18.6. The van der Waals surface area contributed by atoms with E-state index in [0.717, 1.165) is 61.1 Å². The van der Waals surface area contributed by atoms with Gasteiger partial charge in [-0.25, -0.2) is 0 Å². The zero-order valence-electron chi connectivity index (χ0n) is 25.1. The molecule has 14 heteroatoms. The lowest BCUT2D eigenvalue weighted by molar-refractivity contribution is -0.144. The van der Waals surface area contributed by atoms with Gasteiger partial charge in [-0.2, -0.15) is 31.1 Å². The predicted octanol–water partition coefficient (Wildman–Crippen LogP) is 6.66. The van der Waals surface area contributed by atoms with Gasteiger partial charge in [-0.05, 0) is 110 Å². The van der Waals surface area contributed by atoms with E-state index in [-0.39, 0.29) is 36.6 Å². The van der Waals surface area contributed by atoms with E-state index in [0.29, 0.717) is 31.8 Å². The van der Waals surface area contributed by atoms with Crippen molar-refractivity contribution in [2.24, 2.45) is 18.9 Å². The Morgan fingerprint density at radius 3 is 2.07 bits per heavy atom. The summed E-state index contributed by atoms with van der Waals surface area (Å²) in [5.41, 5.74) is 1.23. The van der Waals surface area contributed by atoms with Crippen molar-refractivity contribution in [1.82, 2.24) is 20.2 Å². The number of nitrogens with zero attached hydrogens (tertiary/aromatic N) is 6. The number of anilines is 2. The highest BCUT2D eigenvalue weighted by Crippen LogP contribution is 2.38. The maximum Gasteiger partial charge on any atom is 0.416 e. The molecular weight excluding hydrogens is 602 g/mol. The van der Waals surface area contributed by atoms with Crippen LogP contribution >= 0.6 is 0 Å². The molecule has 0 unspecified atom stereocenters. The van der Waals surface area contributed by atoms with Gasteiger partial charge in [0.25, 0.3) is 5.95 Å². The van der Waals surface area contributed by atoms with Gasteiger partial charge in [0.15, 0.2) is 0 Å². The van der Waals surface area contributed by atoms with Crippen molar-refractivity contribution >= 4 is 17.6 Å². The number of hydrogen-bond acceptors (Lipinski definition) is 6. The van der Waals surface area contributed by atoms with Crippen LogP contribution in [0.4, 0.5) is 38.0 Å². The molecule has 0 amide bonds. The summed E-state index contributed by atoms with van der Waals surface area (Å²) in [5, 5.41) is 21.6. The lowest BCUT2D eigenvalue weighted by atomic mass is 9.81. The van der Waals surface area contributed by atoms with Crippen LogP contribution in [-0.2, 0) is 50.1 Å². The standard InChI is InChI=1S/C31H36F6N6O2/c1-3-42(16-19-7-9-21(10-8-19)28(44)45)27-14-23-6-4-5-22(23)13-24(27)18-43(29-38-40-41(2)39-29)17-20-11-25(30(32,33)34)15-26(12-20)31(35,36)37/h11-15,19,21H,3-10,16-18H2,1-2H3,(H,44,45). The zero-order chi connectivity index (χ0) is 32.5. The number of benzene rings is 2. The Kier molecular flexibility index (Phi) is 9.31. The van der Waals surface area contributed by atoms with Gasteiger partial charge in [0.05, 0.1) is 24.1 Å². The van der Waals surface area contributed by atoms with Crippen molar-refractivity contribution in [2.45, 2.75) is 77.3 Å². The quantitative estimate of drug-likeness (QED) is 0.249. The molecule has 1 fully saturated rings. The second-order valence-corrected chi connectivity index (χ2v) is 12.0. The maximum absolute atomic E-state index is 13.7. The Bertz CT molecular complexity index is 1480. The van der Waals surface area contributed by atoms with E-state index in [9.17, 15) is 36.2 Å². The molecule has 0 atom stereocenters. The average molecular weight is 639 g/mol. The Morgan fingerprint density at radius 2 is 1.53 bits per heavy atom. The predicted molar refractivity (Wildman–Crippen MR) is 155 cm³/mol. The lowest BCUT2D eigenvalue weighted by Gasteiger charge is -2.34. The highest BCUT2D eigenvalue weighted by Gasteiger charge is 2.37. The molecule has 0 radical (unpaired) electrons. The molecule has 3 aromatic rings. The fraction of sp³-hybridized carbons (Fsp3) is 0.548. The number of rotatable bonds is 10. The first-order valence-electron chi connectivity index (χ1n) is 15.1. The zero-order valence-corrected chi connectivity index (χ0v) is 25.1. The first kappa shape index (κ1) is 32.6. The van der Waals surface area contributed by atoms with E-state index >= 15 is 0 Å². The number of halogens is 6. The minimum Gasteiger partial charge on any atom is -0.481 e. The first-order chi connectivity index (χ1) is 21.2. The Morgan fingerprint density at radius 1 is 0.911 bits per heavy atom. The van der Waals surface area contributed by atoms with E-state index in [1.54, 1.807) is 4.90 Å². The number of alkyl halides is 6. The van der Waals surface area contributed by atoms with Crippen LogP contribution in [0.3, 0.4) is 0 Å². The molecule has 1 N–H and O–H groups in total. The molecule has 2 aliphatic rings. The van der Waals surface area contributed by atoms with Gasteiger partial charge in [-0.15, -0.1) is 5.10 Å². The molecule has 0 spiro atoms. The van der Waals surface area contributed by atoms with Crippen molar-refractivity contribution < 1.29 is 36.2 Å². The SMILES string of the molecule is CCN(CC1CCC(C(=O)O)CC1)c1cc2c(cc1CN(Cc1cc(C(F)(F)F)cc(C(F)(F)F)c1)c1nnn(C)n1)CCC2. The van der Waals surface area contributed by atoms with Gasteiger partial charge < -0.3 is 14.9 Å². The summed E-state index contributed by atoms with van der Waals surface area (Å²) in [6.07, 6.45) is -4.32. The molecule has 0 bridgehead atoms. The molecule has 5 rings (SSSR count).